The maximum Gasteiger partial charge on any atom is 0.475 e. The number of anilines is 2. The molecule has 0 bridgehead atoms. The first-order chi connectivity index (χ1) is 15.3. The maximum atomic E-state index is 16.2. The zero-order valence-corrected chi connectivity index (χ0v) is 18.6. The Bertz CT molecular complexity index is 1090. The van der Waals surface area contributed by atoms with Gasteiger partial charge in [0.25, 0.3) is 0 Å². The Kier molecular flexibility index (Phi) is 4.75. The summed E-state index contributed by atoms with van der Waals surface area (Å²) in [5, 5.41) is 0. The molecule has 13 heteroatoms. The van der Waals surface area contributed by atoms with Gasteiger partial charge < -0.3 is 15.4 Å². The summed E-state index contributed by atoms with van der Waals surface area (Å²) in [5.41, 5.74) is 4.80. The molecule has 2 aromatic rings. The van der Waals surface area contributed by atoms with Gasteiger partial charge in [-0.05, 0) is 26.2 Å². The van der Waals surface area contributed by atoms with Gasteiger partial charge in [0.05, 0.1) is 19.0 Å². The molecule has 2 aromatic heterocycles. The molecule has 0 amide bonds. The third kappa shape index (κ3) is 3.23. The summed E-state index contributed by atoms with van der Waals surface area (Å²) in [6.07, 6.45) is 2.91. The molecule has 3 saturated heterocycles. The molecule has 4 fully saturated rings. The number of nitrogens with two attached hydrogens (primary N) is 1. The van der Waals surface area contributed by atoms with E-state index in [1.54, 1.807) is 0 Å². The molecule has 0 radical (unpaired) electrons. The fourth-order valence-electron chi connectivity index (χ4n) is 4.91. The summed E-state index contributed by atoms with van der Waals surface area (Å²) in [4.78, 5) is 15.1. The Hall–Kier alpha value is -1.85. The van der Waals surface area contributed by atoms with Crippen LogP contribution < -0.4 is 10.6 Å². The van der Waals surface area contributed by atoms with E-state index in [0.29, 0.717) is 17.0 Å². The third-order valence-electron chi connectivity index (χ3n) is 6.73. The standard InChI is InChI=1S/C19H26FN6O5P/c1-19(20)14-12(9-28-32(27,31-14)30-11-5-2-3-6-11)29-17(19)26-10-22-13-15(25-7-4-8-25)23-18(21)24-16(13)26/h10-12,14,17H,2-9H2,1H3,(H2,21,23,24)/t12-,14-,17-,19-,32+/m1/s1. The molecule has 6 rings (SSSR count). The highest BCUT2D eigenvalue weighted by molar-refractivity contribution is 7.48. The van der Waals surface area contributed by atoms with E-state index in [1.165, 1.54) is 17.8 Å². The van der Waals surface area contributed by atoms with Crippen LogP contribution in [0.25, 0.3) is 11.2 Å². The Morgan fingerprint density at radius 2 is 2.06 bits per heavy atom. The lowest BCUT2D eigenvalue weighted by atomic mass is 9.98. The number of ether oxygens (including phenoxy) is 1. The summed E-state index contributed by atoms with van der Waals surface area (Å²) < 4.78 is 53.4. The molecule has 11 nitrogen and oxygen atoms in total. The number of phosphoric acid groups is 1. The first kappa shape index (κ1) is 20.7. The van der Waals surface area contributed by atoms with Crippen molar-refractivity contribution in [3.05, 3.63) is 6.33 Å². The van der Waals surface area contributed by atoms with Crippen molar-refractivity contribution in [2.45, 2.75) is 69.2 Å². The number of alkyl halides is 1. The average Bonchev–Trinajstić information content (AvgIpc) is 3.40. The molecule has 4 aliphatic rings. The number of nitrogens with zero attached hydrogens (tertiary/aromatic N) is 5. The van der Waals surface area contributed by atoms with Gasteiger partial charge in [0.15, 0.2) is 28.9 Å². The lowest BCUT2D eigenvalue weighted by Gasteiger charge is -2.34. The van der Waals surface area contributed by atoms with Crippen LogP contribution in [0.5, 0.6) is 0 Å². The molecule has 2 N–H and O–H groups in total. The topological polar surface area (TPSA) is 127 Å². The van der Waals surface area contributed by atoms with E-state index in [1.807, 2.05) is 0 Å². The smallest absolute Gasteiger partial charge is 0.368 e. The quantitative estimate of drug-likeness (QED) is 0.669. The van der Waals surface area contributed by atoms with Crippen molar-refractivity contribution >= 4 is 30.8 Å². The average molecular weight is 468 g/mol. The molecular formula is C19H26FN6O5P. The van der Waals surface area contributed by atoms with Gasteiger partial charge in [-0.3, -0.25) is 18.1 Å². The lowest BCUT2D eigenvalue weighted by Crippen LogP contribution is -2.45. The van der Waals surface area contributed by atoms with Crippen molar-refractivity contribution in [3.8, 4) is 0 Å². The number of nitrogen functional groups attached to an aromatic ring is 1. The van der Waals surface area contributed by atoms with Crippen LogP contribution in [0.1, 0.15) is 45.3 Å². The largest absolute Gasteiger partial charge is 0.475 e. The van der Waals surface area contributed by atoms with Crippen LogP contribution in [0.15, 0.2) is 6.33 Å². The van der Waals surface area contributed by atoms with E-state index in [9.17, 15) is 4.57 Å². The van der Waals surface area contributed by atoms with Gasteiger partial charge in [0.2, 0.25) is 5.95 Å². The normalized spacial score (nSPS) is 37.7. The molecule has 0 spiro atoms. The number of imidazole rings is 1. The molecule has 5 heterocycles. The van der Waals surface area contributed by atoms with Gasteiger partial charge in [-0.2, -0.15) is 9.97 Å². The van der Waals surface area contributed by atoms with Crippen molar-refractivity contribution in [2.24, 2.45) is 0 Å². The van der Waals surface area contributed by atoms with Crippen molar-refractivity contribution in [1.29, 1.82) is 0 Å². The van der Waals surface area contributed by atoms with Gasteiger partial charge in [0, 0.05) is 13.1 Å². The SMILES string of the molecule is C[C@@]1(F)[C@@H]2O[P@](=O)(OC3CCCC3)OC[C@H]2O[C@H]1n1cnc2c(N3CCC3)nc(N)nc21. The van der Waals surface area contributed by atoms with Gasteiger partial charge in [-0.15, -0.1) is 0 Å². The van der Waals surface area contributed by atoms with E-state index in [2.05, 4.69) is 19.9 Å². The van der Waals surface area contributed by atoms with Crippen molar-refractivity contribution in [1.82, 2.24) is 19.5 Å². The molecule has 32 heavy (non-hydrogen) atoms. The summed E-state index contributed by atoms with van der Waals surface area (Å²) in [7, 11) is -3.89. The zero-order valence-electron chi connectivity index (χ0n) is 17.7. The predicted octanol–water partition coefficient (Wildman–Crippen LogP) is 2.73. The number of halogens is 1. The minimum atomic E-state index is -3.89. The molecular weight excluding hydrogens is 442 g/mol. The van der Waals surface area contributed by atoms with Gasteiger partial charge in [0.1, 0.15) is 12.2 Å². The van der Waals surface area contributed by atoms with Crippen LogP contribution in [0, 0.1) is 0 Å². The van der Waals surface area contributed by atoms with Crippen LogP contribution in [-0.2, 0) is 22.9 Å². The first-order valence-electron chi connectivity index (χ1n) is 11.0. The molecule has 5 atom stereocenters. The van der Waals surface area contributed by atoms with Gasteiger partial charge in [-0.25, -0.2) is 13.9 Å². The van der Waals surface area contributed by atoms with Crippen LogP contribution in [0.2, 0.25) is 0 Å². The van der Waals surface area contributed by atoms with Crippen molar-refractivity contribution in [3.63, 3.8) is 0 Å². The number of hydrogen-bond acceptors (Lipinski definition) is 10. The van der Waals surface area contributed by atoms with Crippen molar-refractivity contribution in [2.75, 3.05) is 30.3 Å². The lowest BCUT2D eigenvalue weighted by molar-refractivity contribution is -0.0745. The predicted molar refractivity (Wildman–Crippen MR) is 112 cm³/mol. The Balaban J connectivity index is 1.31. The van der Waals surface area contributed by atoms with E-state index in [-0.39, 0.29) is 18.7 Å². The Morgan fingerprint density at radius 1 is 1.28 bits per heavy atom. The second-order valence-electron chi connectivity index (χ2n) is 9.03. The van der Waals surface area contributed by atoms with E-state index >= 15 is 4.39 Å². The van der Waals surface area contributed by atoms with Crippen LogP contribution in [-0.4, -0.2) is 63.2 Å². The number of fused-ring (bicyclic) bond motifs is 2. The Morgan fingerprint density at radius 3 is 2.78 bits per heavy atom. The van der Waals surface area contributed by atoms with Crippen molar-refractivity contribution < 1.29 is 27.3 Å². The molecule has 0 aromatic carbocycles. The maximum absolute atomic E-state index is 16.2. The molecule has 174 valence electrons. The number of phosphoric ester groups is 1. The summed E-state index contributed by atoms with van der Waals surface area (Å²) in [6, 6.07) is 0. The molecule has 0 unspecified atom stereocenters. The van der Waals surface area contributed by atoms with Crippen LogP contribution in [0.3, 0.4) is 0 Å². The minimum absolute atomic E-state index is 0.0752. The zero-order chi connectivity index (χ0) is 22.1. The second kappa shape index (κ2) is 7.33. The molecule has 1 aliphatic carbocycles. The summed E-state index contributed by atoms with van der Waals surface area (Å²) in [5.74, 6) is 0.702. The number of aromatic nitrogens is 4. The summed E-state index contributed by atoms with van der Waals surface area (Å²) in [6.45, 7) is 2.98. The number of rotatable bonds is 4. The minimum Gasteiger partial charge on any atom is -0.368 e. The van der Waals surface area contributed by atoms with Crippen LogP contribution >= 0.6 is 7.82 Å². The van der Waals surface area contributed by atoms with E-state index in [4.69, 9.17) is 24.0 Å². The van der Waals surface area contributed by atoms with Crippen LogP contribution in [0.4, 0.5) is 16.2 Å². The first-order valence-corrected chi connectivity index (χ1v) is 12.5. The fraction of sp³-hybridized carbons (Fsp3) is 0.737. The third-order valence-corrected chi connectivity index (χ3v) is 8.24. The second-order valence-corrected chi connectivity index (χ2v) is 10.6. The molecule has 3 aliphatic heterocycles. The Labute approximate surface area is 184 Å². The fourth-order valence-corrected chi connectivity index (χ4v) is 6.61. The van der Waals surface area contributed by atoms with E-state index in [0.717, 1.165) is 45.2 Å². The van der Waals surface area contributed by atoms with Gasteiger partial charge >= 0.3 is 7.82 Å². The molecule has 1 saturated carbocycles. The highest BCUT2D eigenvalue weighted by Gasteiger charge is 2.62. The van der Waals surface area contributed by atoms with E-state index < -0.39 is 31.9 Å². The highest BCUT2D eigenvalue weighted by Crippen LogP contribution is 2.61. The summed E-state index contributed by atoms with van der Waals surface area (Å²) >= 11 is 0. The van der Waals surface area contributed by atoms with Gasteiger partial charge in [-0.1, -0.05) is 12.8 Å². The number of hydrogen-bond donors (Lipinski definition) is 1. The monoisotopic (exact) mass is 468 g/mol. The highest BCUT2D eigenvalue weighted by atomic mass is 31.2.